The van der Waals surface area contributed by atoms with E-state index in [0.29, 0.717) is 17.8 Å². The van der Waals surface area contributed by atoms with Gasteiger partial charge in [0, 0.05) is 24.1 Å². The third-order valence-corrected chi connectivity index (χ3v) is 5.03. The van der Waals surface area contributed by atoms with Crippen molar-refractivity contribution in [1.29, 1.82) is 0 Å². The molecule has 1 saturated carbocycles. The van der Waals surface area contributed by atoms with Crippen LogP contribution in [-0.4, -0.2) is 21.1 Å². The Morgan fingerprint density at radius 2 is 2.11 bits per heavy atom. The van der Waals surface area contributed by atoms with Crippen molar-refractivity contribution in [3.8, 4) is 0 Å². The Morgan fingerprint density at radius 3 is 2.67 bits per heavy atom. The van der Waals surface area contributed by atoms with E-state index in [1.165, 1.54) is 42.3 Å². The van der Waals surface area contributed by atoms with E-state index in [1.54, 1.807) is 0 Å². The van der Waals surface area contributed by atoms with Gasteiger partial charge in [-0.05, 0) is 30.9 Å². The fourth-order valence-electron chi connectivity index (χ4n) is 2.76. The van der Waals surface area contributed by atoms with Crippen LogP contribution >= 0.6 is 11.8 Å². The molecule has 1 aromatic heterocycles. The zero-order valence-electron chi connectivity index (χ0n) is 11.4. The summed E-state index contributed by atoms with van der Waals surface area (Å²) in [5, 5.41) is 0. The third-order valence-electron chi connectivity index (χ3n) is 3.87. The highest BCUT2D eigenvalue weighted by atomic mass is 32.2. The maximum Gasteiger partial charge on any atom is 0.127 e. The number of anilines is 1. The minimum absolute atomic E-state index is 0.598. The first-order chi connectivity index (χ1) is 8.66. The molecule has 0 bridgehead atoms. The van der Waals surface area contributed by atoms with Gasteiger partial charge in [-0.2, -0.15) is 11.8 Å². The number of hydrogen-bond acceptors (Lipinski definition) is 3. The zero-order valence-corrected chi connectivity index (χ0v) is 12.2. The van der Waals surface area contributed by atoms with Crippen molar-refractivity contribution in [3.05, 3.63) is 11.5 Å². The lowest BCUT2D eigenvalue weighted by Gasteiger charge is -2.12. The van der Waals surface area contributed by atoms with Gasteiger partial charge in [0.1, 0.15) is 11.6 Å². The van der Waals surface area contributed by atoms with E-state index in [-0.39, 0.29) is 0 Å². The van der Waals surface area contributed by atoms with Gasteiger partial charge in [0.15, 0.2) is 0 Å². The lowest BCUT2D eigenvalue weighted by Crippen LogP contribution is -2.11. The fourth-order valence-corrected chi connectivity index (χ4v) is 3.99. The van der Waals surface area contributed by atoms with Crippen molar-refractivity contribution < 1.29 is 0 Å². The Morgan fingerprint density at radius 1 is 1.33 bits per heavy atom. The van der Waals surface area contributed by atoms with Crippen molar-refractivity contribution in [2.75, 3.05) is 17.2 Å². The molecule has 1 aliphatic carbocycles. The Labute approximate surface area is 114 Å². The van der Waals surface area contributed by atoms with Crippen LogP contribution < -0.4 is 5.73 Å². The van der Waals surface area contributed by atoms with Crippen molar-refractivity contribution in [2.45, 2.75) is 51.5 Å². The summed E-state index contributed by atoms with van der Waals surface area (Å²) in [6.07, 6.45) is 3.85. The minimum atomic E-state index is 0.598. The summed E-state index contributed by atoms with van der Waals surface area (Å²) in [5.74, 6) is 6.61. The Kier molecular flexibility index (Phi) is 3.31. The summed E-state index contributed by atoms with van der Waals surface area (Å²) in [7, 11) is 0. The van der Waals surface area contributed by atoms with Crippen LogP contribution in [-0.2, 0) is 6.54 Å². The smallest absolute Gasteiger partial charge is 0.127 e. The van der Waals surface area contributed by atoms with Gasteiger partial charge < -0.3 is 10.3 Å². The number of nitrogens with zero attached hydrogens (tertiary/aromatic N) is 2. The number of rotatable bonds is 4. The normalized spacial score (nSPS) is 24.1. The molecule has 2 heterocycles. The number of hydrogen-bond donors (Lipinski definition) is 1. The summed E-state index contributed by atoms with van der Waals surface area (Å²) in [6.45, 7) is 5.52. The van der Waals surface area contributed by atoms with E-state index < -0.39 is 0 Å². The van der Waals surface area contributed by atoms with Gasteiger partial charge in [-0.15, -0.1) is 0 Å². The number of nitrogen functional groups attached to an aromatic ring is 1. The third kappa shape index (κ3) is 2.27. The van der Waals surface area contributed by atoms with E-state index in [9.17, 15) is 0 Å². The highest BCUT2D eigenvalue weighted by molar-refractivity contribution is 7.99. The second-order valence-electron chi connectivity index (χ2n) is 6.08. The quantitative estimate of drug-likeness (QED) is 0.909. The van der Waals surface area contributed by atoms with Crippen LogP contribution in [0.4, 0.5) is 5.82 Å². The molecule has 2 fully saturated rings. The van der Waals surface area contributed by atoms with Gasteiger partial charge in [0.2, 0.25) is 0 Å². The van der Waals surface area contributed by atoms with Crippen molar-refractivity contribution >= 4 is 17.6 Å². The standard InChI is InChI=1S/C14H23N3S/c1-9(2)7-17-13(15)12(11-5-6-18-8-11)16-14(17)10-3-4-10/h9-11H,3-8,15H2,1-2H3. The van der Waals surface area contributed by atoms with Crippen LogP contribution in [0.3, 0.4) is 0 Å². The summed E-state index contributed by atoms with van der Waals surface area (Å²) in [5.41, 5.74) is 7.59. The molecule has 1 unspecified atom stereocenters. The van der Waals surface area contributed by atoms with Crippen molar-refractivity contribution in [3.63, 3.8) is 0 Å². The molecule has 2 aliphatic rings. The zero-order chi connectivity index (χ0) is 12.7. The first-order valence-corrected chi connectivity index (χ1v) is 8.25. The topological polar surface area (TPSA) is 43.8 Å². The van der Waals surface area contributed by atoms with Gasteiger partial charge >= 0.3 is 0 Å². The van der Waals surface area contributed by atoms with Crippen LogP contribution in [0.15, 0.2) is 0 Å². The number of thioether (sulfide) groups is 1. The molecule has 1 saturated heterocycles. The highest BCUT2D eigenvalue weighted by Crippen LogP contribution is 2.43. The Balaban J connectivity index is 1.94. The first kappa shape index (κ1) is 12.4. The predicted molar refractivity (Wildman–Crippen MR) is 78.1 cm³/mol. The van der Waals surface area contributed by atoms with Crippen LogP contribution in [0.25, 0.3) is 0 Å². The second kappa shape index (κ2) is 4.80. The molecule has 0 spiro atoms. The van der Waals surface area contributed by atoms with Gasteiger partial charge in [-0.3, -0.25) is 0 Å². The summed E-state index contributed by atoms with van der Waals surface area (Å²) in [6, 6.07) is 0. The van der Waals surface area contributed by atoms with Gasteiger partial charge in [-0.1, -0.05) is 13.8 Å². The molecule has 100 valence electrons. The molecule has 4 heteroatoms. The number of nitrogens with two attached hydrogens (primary N) is 1. The van der Waals surface area contributed by atoms with E-state index in [4.69, 9.17) is 10.7 Å². The molecular formula is C14H23N3S. The molecular weight excluding hydrogens is 242 g/mol. The van der Waals surface area contributed by atoms with Crippen molar-refractivity contribution in [2.24, 2.45) is 5.92 Å². The van der Waals surface area contributed by atoms with Gasteiger partial charge in [-0.25, -0.2) is 4.98 Å². The van der Waals surface area contributed by atoms with Crippen LogP contribution in [0.5, 0.6) is 0 Å². The van der Waals surface area contributed by atoms with E-state index in [2.05, 4.69) is 18.4 Å². The molecule has 0 radical (unpaired) electrons. The lowest BCUT2D eigenvalue weighted by atomic mass is 10.1. The molecule has 0 amide bonds. The first-order valence-electron chi connectivity index (χ1n) is 7.10. The van der Waals surface area contributed by atoms with Crippen LogP contribution in [0.1, 0.15) is 56.5 Å². The maximum absolute atomic E-state index is 6.39. The molecule has 2 N–H and O–H groups in total. The lowest BCUT2D eigenvalue weighted by molar-refractivity contribution is 0.511. The minimum Gasteiger partial charge on any atom is -0.384 e. The number of imidazole rings is 1. The van der Waals surface area contributed by atoms with Crippen LogP contribution in [0.2, 0.25) is 0 Å². The Hall–Kier alpha value is -0.640. The molecule has 3 rings (SSSR count). The van der Waals surface area contributed by atoms with E-state index in [0.717, 1.165) is 12.4 Å². The largest absolute Gasteiger partial charge is 0.384 e. The molecule has 1 atom stereocenters. The average molecular weight is 265 g/mol. The summed E-state index contributed by atoms with van der Waals surface area (Å²) < 4.78 is 2.31. The maximum atomic E-state index is 6.39. The fraction of sp³-hybridized carbons (Fsp3) is 0.786. The molecule has 3 nitrogen and oxygen atoms in total. The SMILES string of the molecule is CC(C)Cn1c(C2CC2)nc(C2CCSC2)c1N. The molecule has 18 heavy (non-hydrogen) atoms. The van der Waals surface area contributed by atoms with E-state index >= 15 is 0 Å². The molecule has 0 aromatic carbocycles. The van der Waals surface area contributed by atoms with Crippen LogP contribution in [0, 0.1) is 5.92 Å². The van der Waals surface area contributed by atoms with E-state index in [1.807, 2.05) is 11.8 Å². The highest BCUT2D eigenvalue weighted by Gasteiger charge is 2.33. The second-order valence-corrected chi connectivity index (χ2v) is 7.23. The molecule has 1 aliphatic heterocycles. The summed E-state index contributed by atoms with van der Waals surface area (Å²) in [4.78, 5) is 4.93. The Bertz CT molecular complexity index is 428. The number of aromatic nitrogens is 2. The van der Waals surface area contributed by atoms with Gasteiger partial charge in [0.25, 0.3) is 0 Å². The average Bonchev–Trinajstić information content (AvgIpc) is 2.92. The predicted octanol–water partition coefficient (Wildman–Crippen LogP) is 3.22. The van der Waals surface area contributed by atoms with Crippen molar-refractivity contribution in [1.82, 2.24) is 9.55 Å². The molecule has 1 aromatic rings. The van der Waals surface area contributed by atoms with Gasteiger partial charge in [0.05, 0.1) is 5.69 Å². The summed E-state index contributed by atoms with van der Waals surface area (Å²) >= 11 is 2.03. The monoisotopic (exact) mass is 265 g/mol.